The fraction of sp³-hybridized carbons (Fsp3) is 0.250. The first-order chi connectivity index (χ1) is 6.54. The topological polar surface area (TPSA) is 29.5 Å². The molecule has 0 saturated heterocycles. The first kappa shape index (κ1) is 15.5. The Morgan fingerprint density at radius 2 is 1.67 bits per heavy atom. The maximum atomic E-state index is 12.2. The fourth-order valence-electron chi connectivity index (χ4n) is 0.946. The molecule has 1 rings (SSSR count). The van der Waals surface area contributed by atoms with Crippen LogP contribution in [0.1, 0.15) is 0 Å². The van der Waals surface area contributed by atoms with Crippen molar-refractivity contribution in [2.24, 2.45) is 0 Å². The number of aliphatic hydroxyl groups excluding tert-OH is 1. The number of benzene rings is 1. The van der Waals surface area contributed by atoms with Gasteiger partial charge in [0.15, 0.2) is 0 Å². The van der Waals surface area contributed by atoms with Gasteiger partial charge >= 0.3 is 58.4 Å². The quantitative estimate of drug-likeness (QED) is 0.628. The van der Waals surface area contributed by atoms with E-state index in [1.54, 1.807) is 0 Å². The first-order valence-electron chi connectivity index (χ1n) is 4.07. The van der Waals surface area contributed by atoms with E-state index in [2.05, 4.69) is 0 Å². The summed E-state index contributed by atoms with van der Waals surface area (Å²) in [6.07, 6.45) is 0. The Balaban J connectivity index is 0.00000196. The average molecular weight is 244 g/mol. The van der Waals surface area contributed by atoms with Crippen LogP contribution in [0.25, 0.3) is 0 Å². The summed E-state index contributed by atoms with van der Waals surface area (Å²) in [6, 6.07) is 4.40. The van der Waals surface area contributed by atoms with E-state index >= 15 is 0 Å². The Morgan fingerprint density at radius 3 is 2.07 bits per heavy atom. The van der Waals surface area contributed by atoms with Crippen LogP contribution >= 0.6 is 0 Å². The molecule has 0 bridgehead atoms. The van der Waals surface area contributed by atoms with Gasteiger partial charge in [0.1, 0.15) is 12.4 Å². The molecule has 0 radical (unpaired) electrons. The molecule has 0 saturated carbocycles. The van der Waals surface area contributed by atoms with Crippen LogP contribution in [-0.4, -0.2) is 25.3 Å². The molecule has 0 amide bonds. The minimum absolute atomic E-state index is 0. The summed E-state index contributed by atoms with van der Waals surface area (Å²) in [7, 11) is 0. The van der Waals surface area contributed by atoms with E-state index in [1.807, 2.05) is 0 Å². The predicted octanol–water partition coefficient (Wildman–Crippen LogP) is -1.88. The molecule has 0 atom stereocenters. The van der Waals surface area contributed by atoms with Gasteiger partial charge in [-0.05, 0) is 12.1 Å². The van der Waals surface area contributed by atoms with E-state index in [1.165, 1.54) is 12.1 Å². The van der Waals surface area contributed by atoms with Gasteiger partial charge in [0.2, 0.25) is 0 Å². The van der Waals surface area contributed by atoms with Crippen LogP contribution in [0.2, 0.25) is 0 Å². The molecule has 1 aromatic carbocycles. The van der Waals surface area contributed by atoms with E-state index in [-0.39, 0.29) is 64.6 Å². The van der Waals surface area contributed by atoms with Crippen LogP contribution in [0.15, 0.2) is 24.3 Å². The van der Waals surface area contributed by atoms with E-state index < -0.39 is 12.4 Å². The van der Waals surface area contributed by atoms with Crippen molar-refractivity contribution in [3.63, 3.8) is 0 Å². The summed E-state index contributed by atoms with van der Waals surface area (Å²) < 4.78 is 41.4. The molecule has 2 nitrogen and oxygen atoms in total. The van der Waals surface area contributed by atoms with Crippen molar-refractivity contribution in [3.05, 3.63) is 24.3 Å². The van der Waals surface area contributed by atoms with Crippen LogP contribution < -0.4 is 61.6 Å². The second kappa shape index (κ2) is 6.93. The second-order valence-corrected chi connectivity index (χ2v) is 2.72. The molecule has 0 unspecified atom stereocenters. The van der Waals surface area contributed by atoms with E-state index in [0.717, 1.165) is 12.1 Å². The maximum Gasteiger partial charge on any atom is 1.00 e. The molecule has 0 heterocycles. The van der Waals surface area contributed by atoms with Crippen LogP contribution in [0.4, 0.5) is 12.9 Å². The summed E-state index contributed by atoms with van der Waals surface area (Å²) in [5, 5.41) is 8.41. The fourth-order valence-corrected chi connectivity index (χ4v) is 0.946. The second-order valence-electron chi connectivity index (χ2n) is 2.72. The van der Waals surface area contributed by atoms with Crippen molar-refractivity contribution in [2.45, 2.75) is 0 Å². The molecule has 0 aliphatic heterocycles. The normalized spacial score (nSPS) is 10.7. The molecule has 1 N–H and O–H groups in total. The van der Waals surface area contributed by atoms with Gasteiger partial charge in [-0.3, -0.25) is 0 Å². The Morgan fingerprint density at radius 1 is 1.13 bits per heavy atom. The zero-order valence-electron chi connectivity index (χ0n) is 8.29. The molecule has 0 aromatic heterocycles. The number of halogens is 3. The summed E-state index contributed by atoms with van der Waals surface area (Å²) in [4.78, 5) is 0. The van der Waals surface area contributed by atoms with Gasteiger partial charge in [-0.15, -0.1) is 5.46 Å². The Kier molecular flexibility index (Phi) is 7.14. The van der Waals surface area contributed by atoms with Crippen LogP contribution in [0.3, 0.4) is 0 Å². The molecule has 15 heavy (non-hydrogen) atoms. The number of hydrogen-bond acceptors (Lipinski definition) is 2. The molecule has 1 aromatic rings. The third-order valence-corrected chi connectivity index (χ3v) is 1.62. The van der Waals surface area contributed by atoms with Gasteiger partial charge in [-0.1, -0.05) is 12.1 Å². The molecule has 0 aliphatic carbocycles. The number of aliphatic hydroxyl groups is 1. The van der Waals surface area contributed by atoms with Crippen molar-refractivity contribution in [1.82, 2.24) is 0 Å². The monoisotopic (exact) mass is 244 g/mol. The van der Waals surface area contributed by atoms with Crippen LogP contribution in [0.5, 0.6) is 5.75 Å². The van der Waals surface area contributed by atoms with E-state index in [9.17, 15) is 12.9 Å². The SMILES string of the molecule is OCCOc1ccc([B-](F)(F)F)cc1.[K+]. The Hall–Kier alpha value is 0.471. The molecule has 7 heteroatoms. The summed E-state index contributed by atoms with van der Waals surface area (Å²) in [6.45, 7) is -5.02. The molecule has 0 aliphatic rings. The van der Waals surface area contributed by atoms with Crippen molar-refractivity contribution >= 4 is 12.4 Å². The summed E-state index contributed by atoms with van der Waals surface area (Å²) in [5.41, 5.74) is -0.652. The summed E-state index contributed by atoms with van der Waals surface area (Å²) >= 11 is 0. The molecular weight excluding hydrogens is 235 g/mol. The maximum absolute atomic E-state index is 12.2. The zero-order valence-corrected chi connectivity index (χ0v) is 11.4. The van der Waals surface area contributed by atoms with Gasteiger partial charge in [0, 0.05) is 0 Å². The van der Waals surface area contributed by atoms with Gasteiger partial charge < -0.3 is 22.8 Å². The number of hydrogen-bond donors (Lipinski definition) is 1. The minimum Gasteiger partial charge on any atom is -0.491 e. The largest absolute Gasteiger partial charge is 1.00 e. The smallest absolute Gasteiger partial charge is 0.491 e. The Labute approximate surface area is 128 Å². The Bertz CT molecular complexity index is 289. The van der Waals surface area contributed by atoms with Crippen molar-refractivity contribution in [3.8, 4) is 5.75 Å². The van der Waals surface area contributed by atoms with Gasteiger partial charge in [-0.25, -0.2) is 0 Å². The third-order valence-electron chi connectivity index (χ3n) is 1.62. The van der Waals surface area contributed by atoms with E-state index in [0.29, 0.717) is 5.75 Å². The van der Waals surface area contributed by atoms with Crippen LogP contribution in [0, 0.1) is 0 Å². The van der Waals surface area contributed by atoms with Crippen LogP contribution in [-0.2, 0) is 0 Å². The first-order valence-corrected chi connectivity index (χ1v) is 4.07. The van der Waals surface area contributed by atoms with Gasteiger partial charge in [0.05, 0.1) is 6.61 Å². The number of rotatable bonds is 4. The molecular formula is C8H9BF3KO2. The van der Waals surface area contributed by atoms with Crippen molar-refractivity contribution < 1.29 is 74.2 Å². The van der Waals surface area contributed by atoms with Gasteiger partial charge in [0.25, 0.3) is 0 Å². The van der Waals surface area contributed by atoms with Gasteiger partial charge in [-0.2, -0.15) is 0 Å². The van der Waals surface area contributed by atoms with E-state index in [4.69, 9.17) is 9.84 Å². The molecule has 78 valence electrons. The number of ether oxygens (including phenoxy) is 1. The standard InChI is InChI=1S/C8H9BF3O2.K/c10-9(11,12)7-1-3-8(4-2-7)14-6-5-13;/h1-4,13H,5-6H2;/q-1;+1. The third kappa shape index (κ3) is 5.37. The molecule has 0 fully saturated rings. The van der Waals surface area contributed by atoms with Crippen molar-refractivity contribution in [1.29, 1.82) is 0 Å². The molecule has 0 spiro atoms. The summed E-state index contributed by atoms with van der Waals surface area (Å²) in [5.74, 6) is 0.322. The zero-order chi connectivity index (χ0) is 10.6. The average Bonchev–Trinajstić information content (AvgIpc) is 2.14. The minimum atomic E-state index is -4.94. The van der Waals surface area contributed by atoms with Crippen molar-refractivity contribution in [2.75, 3.05) is 13.2 Å². The predicted molar refractivity (Wildman–Crippen MR) is 47.7 cm³/mol.